The Balaban J connectivity index is 4.11. The average molecular weight is 260 g/mol. The first kappa shape index (κ1) is 16.7. The van der Waals surface area contributed by atoms with Crippen molar-refractivity contribution in [2.24, 2.45) is 0 Å². The highest BCUT2D eigenvalue weighted by Crippen LogP contribution is 2.11. The molecule has 106 valence electrons. The molecule has 0 spiro atoms. The van der Waals surface area contributed by atoms with Gasteiger partial charge in [0.15, 0.2) is 0 Å². The Labute approximate surface area is 108 Å². The molecule has 0 aliphatic carbocycles. The van der Waals surface area contributed by atoms with Gasteiger partial charge in [-0.2, -0.15) is 0 Å². The highest BCUT2D eigenvalue weighted by Gasteiger charge is 2.27. The lowest BCUT2D eigenvalue weighted by molar-refractivity contribution is -0.137. The van der Waals surface area contributed by atoms with E-state index in [9.17, 15) is 9.59 Å². The first-order chi connectivity index (χ1) is 8.20. The number of rotatable bonds is 7. The molecule has 0 aromatic rings. The number of carbonyl (C=O) groups is 2. The van der Waals surface area contributed by atoms with Crippen molar-refractivity contribution in [1.82, 2.24) is 10.2 Å². The number of hydrogen-bond acceptors (Lipinski definition) is 3. The Morgan fingerprint density at radius 3 is 2.39 bits per heavy atom. The third-order valence-corrected chi connectivity index (χ3v) is 3.00. The lowest BCUT2D eigenvalue weighted by atomic mass is 10.1. The molecule has 1 atom stereocenters. The molecule has 2 amide bonds. The summed E-state index contributed by atoms with van der Waals surface area (Å²) in [5, 5.41) is 20.5. The lowest BCUT2D eigenvalue weighted by Gasteiger charge is -2.34. The fourth-order valence-corrected chi connectivity index (χ4v) is 1.32. The van der Waals surface area contributed by atoms with E-state index in [0.29, 0.717) is 12.8 Å². The Hall–Kier alpha value is -1.30. The predicted octanol–water partition coefficient (Wildman–Crippen LogP) is 1.04. The second-order valence-corrected chi connectivity index (χ2v) is 5.17. The van der Waals surface area contributed by atoms with Gasteiger partial charge in [0.1, 0.15) is 0 Å². The maximum Gasteiger partial charge on any atom is 0.317 e. The van der Waals surface area contributed by atoms with Crippen molar-refractivity contribution in [3.63, 3.8) is 0 Å². The number of hydrogen-bond donors (Lipinski definition) is 3. The van der Waals surface area contributed by atoms with Gasteiger partial charge >= 0.3 is 12.0 Å². The summed E-state index contributed by atoms with van der Waals surface area (Å²) in [4.78, 5) is 23.6. The van der Waals surface area contributed by atoms with Crippen molar-refractivity contribution >= 4 is 12.0 Å². The molecule has 0 heterocycles. The highest BCUT2D eigenvalue weighted by molar-refractivity contribution is 5.75. The monoisotopic (exact) mass is 260 g/mol. The number of carboxylic acid groups (broad SMARTS) is 1. The number of amides is 2. The minimum atomic E-state index is -0.827. The van der Waals surface area contributed by atoms with E-state index >= 15 is 0 Å². The highest BCUT2D eigenvalue weighted by atomic mass is 16.4. The van der Waals surface area contributed by atoms with Crippen LogP contribution in [0.3, 0.4) is 0 Å². The molecular formula is C12H24N2O4. The number of aliphatic carboxylic acids is 1. The van der Waals surface area contributed by atoms with Gasteiger partial charge in [-0.15, -0.1) is 0 Å². The zero-order valence-corrected chi connectivity index (χ0v) is 11.6. The molecule has 6 nitrogen and oxygen atoms in total. The minimum absolute atomic E-state index is 0.0891. The topological polar surface area (TPSA) is 89.9 Å². The fraction of sp³-hybridized carbons (Fsp3) is 0.833. The molecule has 0 rings (SSSR count). The fourth-order valence-electron chi connectivity index (χ4n) is 1.32. The van der Waals surface area contributed by atoms with Gasteiger partial charge in [-0.1, -0.05) is 0 Å². The van der Waals surface area contributed by atoms with Gasteiger partial charge in [0, 0.05) is 19.5 Å². The number of nitrogens with one attached hydrogen (secondary N) is 1. The SMILES string of the molecule is CC(CCCC(=O)O)NC(=O)N(C)C(C)(C)CO. The van der Waals surface area contributed by atoms with Gasteiger partial charge in [-0.05, 0) is 33.6 Å². The Kier molecular flexibility index (Phi) is 6.68. The van der Waals surface area contributed by atoms with Gasteiger partial charge in [0.2, 0.25) is 0 Å². The zero-order chi connectivity index (χ0) is 14.3. The van der Waals surface area contributed by atoms with E-state index in [4.69, 9.17) is 10.2 Å². The number of nitrogens with zero attached hydrogens (tertiary/aromatic N) is 1. The molecule has 0 saturated carbocycles. The molecule has 0 fully saturated rings. The van der Waals surface area contributed by atoms with Gasteiger partial charge in [-0.3, -0.25) is 4.79 Å². The average Bonchev–Trinajstić information content (AvgIpc) is 2.27. The summed E-state index contributed by atoms with van der Waals surface area (Å²) in [7, 11) is 1.62. The quantitative estimate of drug-likeness (QED) is 0.638. The van der Waals surface area contributed by atoms with Crippen molar-refractivity contribution < 1.29 is 19.8 Å². The van der Waals surface area contributed by atoms with E-state index in [1.165, 1.54) is 4.90 Å². The van der Waals surface area contributed by atoms with E-state index in [1.807, 2.05) is 6.92 Å². The Morgan fingerprint density at radius 1 is 1.39 bits per heavy atom. The number of likely N-dealkylation sites (N-methyl/N-ethyl adjacent to an activating group) is 1. The van der Waals surface area contributed by atoms with E-state index in [1.54, 1.807) is 20.9 Å². The van der Waals surface area contributed by atoms with Crippen molar-refractivity contribution in [3.8, 4) is 0 Å². The number of aliphatic hydroxyl groups is 1. The maximum absolute atomic E-state index is 11.8. The smallest absolute Gasteiger partial charge is 0.317 e. The first-order valence-electron chi connectivity index (χ1n) is 6.07. The minimum Gasteiger partial charge on any atom is -0.481 e. The van der Waals surface area contributed by atoms with Crippen molar-refractivity contribution in [3.05, 3.63) is 0 Å². The van der Waals surface area contributed by atoms with Gasteiger partial charge in [-0.25, -0.2) is 4.79 Å². The van der Waals surface area contributed by atoms with Crippen LogP contribution in [0.1, 0.15) is 40.0 Å². The maximum atomic E-state index is 11.8. The number of urea groups is 1. The van der Waals surface area contributed by atoms with Crippen LogP contribution in [0.5, 0.6) is 0 Å². The largest absolute Gasteiger partial charge is 0.481 e. The van der Waals surface area contributed by atoms with Crippen LogP contribution in [0.2, 0.25) is 0 Å². The van der Waals surface area contributed by atoms with Crippen LogP contribution in [0.25, 0.3) is 0 Å². The van der Waals surface area contributed by atoms with E-state index in [2.05, 4.69) is 5.32 Å². The molecule has 18 heavy (non-hydrogen) atoms. The van der Waals surface area contributed by atoms with Crippen LogP contribution in [0.15, 0.2) is 0 Å². The lowest BCUT2D eigenvalue weighted by Crippen LogP contribution is -2.53. The molecule has 3 N–H and O–H groups in total. The summed E-state index contributed by atoms with van der Waals surface area (Å²) < 4.78 is 0. The molecule has 0 saturated heterocycles. The Morgan fingerprint density at radius 2 is 1.94 bits per heavy atom. The molecule has 1 unspecified atom stereocenters. The number of aliphatic hydroxyl groups excluding tert-OH is 1. The Bertz CT molecular complexity index is 292. The predicted molar refractivity (Wildman–Crippen MR) is 68.4 cm³/mol. The molecule has 0 aromatic carbocycles. The van der Waals surface area contributed by atoms with E-state index < -0.39 is 11.5 Å². The van der Waals surface area contributed by atoms with Gasteiger partial charge in [0.05, 0.1) is 12.1 Å². The van der Waals surface area contributed by atoms with Gasteiger partial charge in [0.25, 0.3) is 0 Å². The van der Waals surface area contributed by atoms with Crippen molar-refractivity contribution in [2.45, 2.75) is 51.6 Å². The molecule has 0 aliphatic heterocycles. The molecule has 0 bridgehead atoms. The summed E-state index contributed by atoms with van der Waals surface area (Å²) in [5.41, 5.74) is -0.620. The summed E-state index contributed by atoms with van der Waals surface area (Å²) in [5.74, 6) is -0.827. The second kappa shape index (κ2) is 7.20. The van der Waals surface area contributed by atoms with Crippen LogP contribution < -0.4 is 5.32 Å². The van der Waals surface area contributed by atoms with E-state index in [-0.39, 0.29) is 25.1 Å². The normalized spacial score (nSPS) is 12.9. The second-order valence-electron chi connectivity index (χ2n) is 5.17. The molecular weight excluding hydrogens is 236 g/mol. The van der Waals surface area contributed by atoms with Crippen molar-refractivity contribution in [2.75, 3.05) is 13.7 Å². The third kappa shape index (κ3) is 5.86. The summed E-state index contributed by atoms with van der Waals surface area (Å²) in [6, 6.07) is -0.356. The molecule has 0 aliphatic rings. The molecule has 6 heteroatoms. The first-order valence-corrected chi connectivity index (χ1v) is 6.07. The van der Waals surface area contributed by atoms with Crippen LogP contribution in [0, 0.1) is 0 Å². The number of carbonyl (C=O) groups excluding carboxylic acids is 1. The van der Waals surface area contributed by atoms with Crippen LogP contribution in [0.4, 0.5) is 4.79 Å². The van der Waals surface area contributed by atoms with Crippen molar-refractivity contribution in [1.29, 1.82) is 0 Å². The summed E-state index contributed by atoms with van der Waals surface area (Å²) in [6.07, 6.45) is 1.26. The van der Waals surface area contributed by atoms with Gasteiger partial charge < -0.3 is 20.4 Å². The zero-order valence-electron chi connectivity index (χ0n) is 11.6. The standard InChI is InChI=1S/C12H24N2O4/c1-9(6-5-7-10(16)17)13-11(18)14(4)12(2,3)8-15/h9,15H,5-8H2,1-4H3,(H,13,18)(H,16,17). The van der Waals surface area contributed by atoms with Crippen LogP contribution >= 0.6 is 0 Å². The van der Waals surface area contributed by atoms with Crippen LogP contribution in [-0.2, 0) is 4.79 Å². The molecule has 0 radical (unpaired) electrons. The summed E-state index contributed by atoms with van der Waals surface area (Å²) in [6.45, 7) is 5.24. The van der Waals surface area contributed by atoms with E-state index in [0.717, 1.165) is 0 Å². The number of carboxylic acids is 1. The van der Waals surface area contributed by atoms with Crippen LogP contribution in [-0.4, -0.2) is 52.3 Å². The third-order valence-electron chi connectivity index (χ3n) is 3.00. The molecule has 0 aromatic heterocycles. The summed E-state index contributed by atoms with van der Waals surface area (Å²) >= 11 is 0.